The Morgan fingerprint density at radius 2 is 2.16 bits per heavy atom. The zero-order valence-electron chi connectivity index (χ0n) is 11.3. The topological polar surface area (TPSA) is 29.3 Å². The highest BCUT2D eigenvalue weighted by Crippen LogP contribution is 2.30. The summed E-state index contributed by atoms with van der Waals surface area (Å²) in [6, 6.07) is 10.3. The highest BCUT2D eigenvalue weighted by Gasteiger charge is 2.11. The van der Waals surface area contributed by atoms with Gasteiger partial charge in [0.1, 0.15) is 0 Å². The average Bonchev–Trinajstić information content (AvgIpc) is 2.89. The molecule has 2 N–H and O–H groups in total. The molecular formula is C15H19ClN2S. The van der Waals surface area contributed by atoms with Gasteiger partial charge in [-0.3, -0.25) is 0 Å². The maximum Gasteiger partial charge on any atom is 0.0643 e. The zero-order valence-corrected chi connectivity index (χ0v) is 12.8. The SMILES string of the molecule is CCN(Cc1cccs1)c1ccc([C@H](C)N)cc1Cl. The Labute approximate surface area is 123 Å². The Balaban J connectivity index is 2.23. The number of rotatable bonds is 5. The minimum Gasteiger partial charge on any atom is -0.365 e. The molecule has 0 saturated carbocycles. The van der Waals surface area contributed by atoms with Crippen LogP contribution in [-0.4, -0.2) is 6.54 Å². The van der Waals surface area contributed by atoms with Crippen molar-refractivity contribution >= 4 is 28.6 Å². The Morgan fingerprint density at radius 1 is 1.37 bits per heavy atom. The van der Waals surface area contributed by atoms with Crippen molar-refractivity contribution < 1.29 is 0 Å². The van der Waals surface area contributed by atoms with Crippen LogP contribution in [-0.2, 0) is 6.54 Å². The maximum absolute atomic E-state index is 6.39. The Kier molecular flexibility index (Phi) is 4.86. The summed E-state index contributed by atoms with van der Waals surface area (Å²) in [4.78, 5) is 3.62. The second kappa shape index (κ2) is 6.42. The highest BCUT2D eigenvalue weighted by molar-refractivity contribution is 7.09. The summed E-state index contributed by atoms with van der Waals surface area (Å²) in [5, 5.41) is 2.87. The van der Waals surface area contributed by atoms with Gasteiger partial charge in [-0.25, -0.2) is 0 Å². The van der Waals surface area contributed by atoms with Gasteiger partial charge in [0.2, 0.25) is 0 Å². The molecule has 0 bridgehead atoms. The van der Waals surface area contributed by atoms with Crippen LogP contribution in [0.2, 0.25) is 5.02 Å². The van der Waals surface area contributed by atoms with Gasteiger partial charge in [0.15, 0.2) is 0 Å². The number of benzene rings is 1. The van der Waals surface area contributed by atoms with Gasteiger partial charge in [-0.05, 0) is 43.0 Å². The average molecular weight is 295 g/mol. The van der Waals surface area contributed by atoms with Crippen LogP contribution >= 0.6 is 22.9 Å². The number of anilines is 1. The van der Waals surface area contributed by atoms with E-state index in [2.05, 4.69) is 41.5 Å². The smallest absolute Gasteiger partial charge is 0.0643 e. The van der Waals surface area contributed by atoms with Gasteiger partial charge in [0, 0.05) is 17.5 Å². The quantitative estimate of drug-likeness (QED) is 0.883. The number of halogens is 1. The third-order valence-electron chi connectivity index (χ3n) is 3.15. The molecule has 2 aromatic rings. The molecule has 1 aromatic heterocycles. The molecule has 0 amide bonds. The highest BCUT2D eigenvalue weighted by atomic mass is 35.5. The molecule has 1 heterocycles. The van der Waals surface area contributed by atoms with Crippen molar-refractivity contribution in [3.8, 4) is 0 Å². The second-order valence-electron chi connectivity index (χ2n) is 4.59. The molecule has 0 aliphatic heterocycles. The molecule has 0 saturated heterocycles. The van der Waals surface area contributed by atoms with Crippen molar-refractivity contribution in [2.24, 2.45) is 5.73 Å². The predicted molar refractivity (Wildman–Crippen MR) is 85.1 cm³/mol. The van der Waals surface area contributed by atoms with E-state index in [1.807, 2.05) is 13.0 Å². The fourth-order valence-corrected chi connectivity index (χ4v) is 3.05. The lowest BCUT2D eigenvalue weighted by Crippen LogP contribution is -2.22. The van der Waals surface area contributed by atoms with Crippen LogP contribution in [0.5, 0.6) is 0 Å². The van der Waals surface area contributed by atoms with E-state index < -0.39 is 0 Å². The molecule has 0 aliphatic carbocycles. The van der Waals surface area contributed by atoms with Crippen molar-refractivity contribution in [1.82, 2.24) is 0 Å². The minimum atomic E-state index is 0.0129. The van der Waals surface area contributed by atoms with Gasteiger partial charge in [-0.1, -0.05) is 23.7 Å². The summed E-state index contributed by atoms with van der Waals surface area (Å²) < 4.78 is 0. The standard InChI is InChI=1S/C15H19ClN2S/c1-3-18(10-13-5-4-8-19-13)15-7-6-12(11(2)17)9-14(15)16/h4-9,11H,3,10,17H2,1-2H3/t11-/m0/s1. The summed E-state index contributed by atoms with van der Waals surface area (Å²) >= 11 is 8.16. The zero-order chi connectivity index (χ0) is 13.8. The van der Waals surface area contributed by atoms with Crippen LogP contribution in [0.15, 0.2) is 35.7 Å². The Hall–Kier alpha value is -1.03. The first-order valence-corrected chi connectivity index (χ1v) is 7.70. The van der Waals surface area contributed by atoms with Crippen molar-refractivity contribution in [1.29, 1.82) is 0 Å². The molecule has 1 aromatic carbocycles. The molecule has 2 rings (SSSR count). The first-order valence-electron chi connectivity index (χ1n) is 6.44. The summed E-state index contributed by atoms with van der Waals surface area (Å²) in [5.74, 6) is 0. The number of hydrogen-bond donors (Lipinski definition) is 1. The molecule has 0 spiro atoms. The van der Waals surface area contributed by atoms with Crippen molar-refractivity contribution in [2.75, 3.05) is 11.4 Å². The molecule has 102 valence electrons. The van der Waals surface area contributed by atoms with Crippen molar-refractivity contribution in [3.63, 3.8) is 0 Å². The van der Waals surface area contributed by atoms with Crippen molar-refractivity contribution in [2.45, 2.75) is 26.4 Å². The van der Waals surface area contributed by atoms with Gasteiger partial charge in [-0.15, -0.1) is 11.3 Å². The van der Waals surface area contributed by atoms with E-state index in [9.17, 15) is 0 Å². The first kappa shape index (κ1) is 14.4. The van der Waals surface area contributed by atoms with Crippen LogP contribution in [0.25, 0.3) is 0 Å². The van der Waals surface area contributed by atoms with E-state index in [0.717, 1.165) is 29.4 Å². The lowest BCUT2D eigenvalue weighted by atomic mass is 10.1. The van der Waals surface area contributed by atoms with E-state index in [4.69, 9.17) is 17.3 Å². The van der Waals surface area contributed by atoms with Gasteiger partial charge < -0.3 is 10.6 Å². The number of nitrogens with two attached hydrogens (primary N) is 1. The lowest BCUT2D eigenvalue weighted by molar-refractivity contribution is 0.812. The molecule has 0 radical (unpaired) electrons. The molecule has 2 nitrogen and oxygen atoms in total. The van der Waals surface area contributed by atoms with Crippen LogP contribution < -0.4 is 10.6 Å². The molecule has 4 heteroatoms. The normalized spacial score (nSPS) is 12.4. The fraction of sp³-hybridized carbons (Fsp3) is 0.333. The minimum absolute atomic E-state index is 0.0129. The Morgan fingerprint density at radius 3 is 2.68 bits per heavy atom. The second-order valence-corrected chi connectivity index (χ2v) is 6.03. The summed E-state index contributed by atoms with van der Waals surface area (Å²) in [7, 11) is 0. The third kappa shape index (κ3) is 3.50. The molecule has 1 atom stereocenters. The van der Waals surface area contributed by atoms with Crippen LogP contribution in [0.3, 0.4) is 0 Å². The van der Waals surface area contributed by atoms with Crippen LogP contribution in [0.1, 0.15) is 30.3 Å². The van der Waals surface area contributed by atoms with Gasteiger partial charge in [0.25, 0.3) is 0 Å². The maximum atomic E-state index is 6.39. The molecule has 19 heavy (non-hydrogen) atoms. The Bertz CT molecular complexity index is 523. The molecule has 0 unspecified atom stereocenters. The van der Waals surface area contributed by atoms with Gasteiger partial charge >= 0.3 is 0 Å². The molecule has 0 fully saturated rings. The number of nitrogens with zero attached hydrogens (tertiary/aromatic N) is 1. The fourth-order valence-electron chi connectivity index (χ4n) is 2.02. The van der Waals surface area contributed by atoms with E-state index in [-0.39, 0.29) is 6.04 Å². The third-order valence-corrected chi connectivity index (χ3v) is 4.31. The van der Waals surface area contributed by atoms with E-state index >= 15 is 0 Å². The largest absolute Gasteiger partial charge is 0.365 e. The van der Waals surface area contributed by atoms with Gasteiger partial charge in [-0.2, -0.15) is 0 Å². The number of thiophene rings is 1. The number of hydrogen-bond acceptors (Lipinski definition) is 3. The van der Waals surface area contributed by atoms with E-state index in [0.29, 0.717) is 0 Å². The predicted octanol–water partition coefficient (Wildman–Crippen LogP) is 4.45. The van der Waals surface area contributed by atoms with Crippen LogP contribution in [0.4, 0.5) is 5.69 Å². The van der Waals surface area contributed by atoms with E-state index in [1.165, 1.54) is 4.88 Å². The van der Waals surface area contributed by atoms with E-state index in [1.54, 1.807) is 11.3 Å². The molecule has 0 aliphatic rings. The monoisotopic (exact) mass is 294 g/mol. The van der Waals surface area contributed by atoms with Crippen molar-refractivity contribution in [3.05, 3.63) is 51.2 Å². The summed E-state index contributed by atoms with van der Waals surface area (Å²) in [5.41, 5.74) is 8.02. The van der Waals surface area contributed by atoms with Gasteiger partial charge in [0.05, 0.1) is 17.3 Å². The lowest BCUT2D eigenvalue weighted by Gasteiger charge is -2.24. The first-order chi connectivity index (χ1) is 9.11. The van der Waals surface area contributed by atoms with Crippen LogP contribution in [0, 0.1) is 0 Å². The summed E-state index contributed by atoms with van der Waals surface area (Å²) in [6.45, 7) is 5.93. The molecular weight excluding hydrogens is 276 g/mol. The summed E-state index contributed by atoms with van der Waals surface area (Å²) in [6.07, 6.45) is 0.